The topological polar surface area (TPSA) is 108 Å². The minimum Gasteiger partial charge on any atom is -0.347 e. The number of benzene rings is 2. The molecule has 8 nitrogen and oxygen atoms in total. The van der Waals surface area contributed by atoms with Crippen LogP contribution in [0.25, 0.3) is 10.9 Å². The molecule has 4 amide bonds. The summed E-state index contributed by atoms with van der Waals surface area (Å²) < 4.78 is 0. The summed E-state index contributed by atoms with van der Waals surface area (Å²) in [7, 11) is 0. The van der Waals surface area contributed by atoms with E-state index in [1.54, 1.807) is 42.5 Å². The first kappa shape index (κ1) is 21.1. The highest BCUT2D eigenvalue weighted by Gasteiger charge is 2.39. The smallest absolute Gasteiger partial charge is 0.270 e. The maximum Gasteiger partial charge on any atom is 0.270 e. The van der Waals surface area contributed by atoms with Crippen molar-refractivity contribution < 1.29 is 19.2 Å². The van der Waals surface area contributed by atoms with E-state index >= 15 is 0 Å². The van der Waals surface area contributed by atoms with E-state index in [0.717, 1.165) is 16.5 Å². The van der Waals surface area contributed by atoms with Gasteiger partial charge >= 0.3 is 0 Å². The van der Waals surface area contributed by atoms with Crippen LogP contribution >= 0.6 is 11.6 Å². The van der Waals surface area contributed by atoms with E-state index in [1.807, 2.05) is 6.07 Å². The molecule has 9 heteroatoms. The summed E-state index contributed by atoms with van der Waals surface area (Å²) in [6.07, 6.45) is 0.530. The molecule has 1 aromatic heterocycles. The molecule has 0 radical (unpaired) electrons. The van der Waals surface area contributed by atoms with Crippen LogP contribution in [0.15, 0.2) is 48.5 Å². The quantitative estimate of drug-likeness (QED) is 0.579. The molecule has 0 saturated carbocycles. The van der Waals surface area contributed by atoms with Gasteiger partial charge in [0.15, 0.2) is 0 Å². The molecule has 1 atom stereocenters. The van der Waals surface area contributed by atoms with Crippen molar-refractivity contribution in [2.75, 3.05) is 0 Å². The number of nitrogens with one attached hydrogen (secondary N) is 2. The molecule has 2 aliphatic rings. The fourth-order valence-corrected chi connectivity index (χ4v) is 4.41. The first-order valence-corrected chi connectivity index (χ1v) is 10.9. The third-order valence-electron chi connectivity index (χ3n) is 5.92. The Balaban J connectivity index is 1.27. The lowest BCUT2D eigenvalue weighted by Crippen LogP contribution is -2.52. The van der Waals surface area contributed by atoms with Crippen molar-refractivity contribution in [1.29, 1.82) is 0 Å². The van der Waals surface area contributed by atoms with Gasteiger partial charge in [0.2, 0.25) is 11.8 Å². The largest absolute Gasteiger partial charge is 0.347 e. The van der Waals surface area contributed by atoms with Crippen LogP contribution in [0.5, 0.6) is 0 Å². The van der Waals surface area contributed by atoms with Gasteiger partial charge in [0, 0.05) is 35.5 Å². The zero-order valence-electron chi connectivity index (χ0n) is 17.4. The van der Waals surface area contributed by atoms with Gasteiger partial charge in [-0.3, -0.25) is 24.5 Å². The van der Waals surface area contributed by atoms with Crippen LogP contribution in [-0.2, 0) is 22.7 Å². The summed E-state index contributed by atoms with van der Waals surface area (Å²) in [5.41, 5.74) is 3.12. The van der Waals surface area contributed by atoms with Gasteiger partial charge in [-0.05, 0) is 47.9 Å². The van der Waals surface area contributed by atoms with Crippen LogP contribution in [0.4, 0.5) is 0 Å². The van der Waals surface area contributed by atoms with Crippen molar-refractivity contribution in [3.8, 4) is 0 Å². The summed E-state index contributed by atoms with van der Waals surface area (Å²) in [6.45, 7) is 0.552. The van der Waals surface area contributed by atoms with Gasteiger partial charge in [0.25, 0.3) is 11.8 Å². The van der Waals surface area contributed by atoms with Gasteiger partial charge in [-0.25, -0.2) is 4.98 Å². The standard InChI is InChI=1S/C24H19ClN4O4/c25-16-3-6-18-14(10-16)2-5-19(27-18)22(31)26-11-13-1-4-17-15(9-13)12-29(24(17)33)20-7-8-21(30)28-23(20)32/h1-6,9-10,20H,7-8,11-12H2,(H,26,31)(H,28,30,32). The Kier molecular flexibility index (Phi) is 5.30. The highest BCUT2D eigenvalue weighted by Crippen LogP contribution is 2.28. The summed E-state index contributed by atoms with van der Waals surface area (Å²) in [4.78, 5) is 54.9. The SMILES string of the molecule is O=C1CCC(N2Cc3cc(CNC(=O)c4ccc5cc(Cl)ccc5n4)ccc3C2=O)C(=O)N1. The Labute approximate surface area is 193 Å². The van der Waals surface area contributed by atoms with Gasteiger partial charge in [-0.2, -0.15) is 0 Å². The number of pyridine rings is 1. The highest BCUT2D eigenvalue weighted by atomic mass is 35.5. The van der Waals surface area contributed by atoms with Crippen LogP contribution < -0.4 is 10.6 Å². The Morgan fingerprint density at radius 2 is 1.97 bits per heavy atom. The Hall–Kier alpha value is -3.78. The van der Waals surface area contributed by atoms with Gasteiger partial charge in [0.05, 0.1) is 5.52 Å². The Morgan fingerprint density at radius 1 is 1.12 bits per heavy atom. The second-order valence-corrected chi connectivity index (χ2v) is 8.54. The van der Waals surface area contributed by atoms with Crippen molar-refractivity contribution in [2.45, 2.75) is 32.0 Å². The fraction of sp³-hybridized carbons (Fsp3) is 0.208. The first-order chi connectivity index (χ1) is 15.9. The molecule has 2 aromatic carbocycles. The molecule has 3 aromatic rings. The fourth-order valence-electron chi connectivity index (χ4n) is 4.23. The zero-order chi connectivity index (χ0) is 23.1. The maximum atomic E-state index is 12.8. The van der Waals surface area contributed by atoms with E-state index in [4.69, 9.17) is 11.6 Å². The molecule has 1 saturated heterocycles. The number of rotatable bonds is 4. The molecule has 3 heterocycles. The number of carbonyl (C=O) groups excluding carboxylic acids is 4. The van der Waals surface area contributed by atoms with E-state index in [-0.39, 0.29) is 37.2 Å². The number of hydrogen-bond acceptors (Lipinski definition) is 5. The molecule has 1 unspecified atom stereocenters. The average Bonchev–Trinajstić information content (AvgIpc) is 3.12. The molecular formula is C24H19ClN4O4. The third kappa shape index (κ3) is 4.05. The predicted molar refractivity (Wildman–Crippen MR) is 120 cm³/mol. The minimum atomic E-state index is -0.653. The molecule has 166 valence electrons. The lowest BCUT2D eigenvalue weighted by Gasteiger charge is -2.29. The van der Waals surface area contributed by atoms with Crippen molar-refractivity contribution in [3.05, 3.63) is 75.9 Å². The van der Waals surface area contributed by atoms with Crippen molar-refractivity contribution in [2.24, 2.45) is 0 Å². The van der Waals surface area contributed by atoms with Crippen LogP contribution in [0.3, 0.4) is 0 Å². The Bertz CT molecular complexity index is 1340. The van der Waals surface area contributed by atoms with Crippen molar-refractivity contribution >= 4 is 46.1 Å². The number of halogens is 1. The number of carbonyl (C=O) groups is 4. The van der Waals surface area contributed by atoms with Gasteiger partial charge < -0.3 is 10.2 Å². The van der Waals surface area contributed by atoms with E-state index < -0.39 is 11.9 Å². The molecule has 1 fully saturated rings. The number of nitrogens with zero attached hydrogens (tertiary/aromatic N) is 2. The van der Waals surface area contributed by atoms with E-state index in [1.165, 1.54) is 4.90 Å². The molecule has 0 aliphatic carbocycles. The van der Waals surface area contributed by atoms with Crippen molar-refractivity contribution in [3.63, 3.8) is 0 Å². The molecule has 2 aliphatic heterocycles. The molecule has 2 N–H and O–H groups in total. The number of aromatic nitrogens is 1. The lowest BCUT2D eigenvalue weighted by molar-refractivity contribution is -0.136. The third-order valence-corrected chi connectivity index (χ3v) is 6.16. The lowest BCUT2D eigenvalue weighted by atomic mass is 10.0. The summed E-state index contributed by atoms with van der Waals surface area (Å²) >= 11 is 5.99. The molecule has 0 bridgehead atoms. The second kappa shape index (κ2) is 8.29. The highest BCUT2D eigenvalue weighted by molar-refractivity contribution is 6.31. The van der Waals surface area contributed by atoms with Gasteiger partial charge in [-0.1, -0.05) is 29.8 Å². The number of piperidine rings is 1. The van der Waals surface area contributed by atoms with Crippen LogP contribution in [0, 0.1) is 0 Å². The average molecular weight is 463 g/mol. The summed E-state index contributed by atoms with van der Waals surface area (Å²) in [5.74, 6) is -1.29. The van der Waals surface area contributed by atoms with Crippen LogP contribution in [0.1, 0.15) is 44.8 Å². The Morgan fingerprint density at radius 3 is 2.79 bits per heavy atom. The summed E-state index contributed by atoms with van der Waals surface area (Å²) in [6, 6.07) is 13.4. The van der Waals surface area contributed by atoms with Crippen LogP contribution in [-0.4, -0.2) is 39.6 Å². The van der Waals surface area contributed by atoms with E-state index in [2.05, 4.69) is 15.6 Å². The number of fused-ring (bicyclic) bond motifs is 2. The van der Waals surface area contributed by atoms with E-state index in [0.29, 0.717) is 28.2 Å². The number of amides is 4. The van der Waals surface area contributed by atoms with Gasteiger partial charge in [0.1, 0.15) is 11.7 Å². The van der Waals surface area contributed by atoms with Crippen LogP contribution in [0.2, 0.25) is 5.02 Å². The molecule has 33 heavy (non-hydrogen) atoms. The minimum absolute atomic E-state index is 0.212. The monoisotopic (exact) mass is 462 g/mol. The second-order valence-electron chi connectivity index (χ2n) is 8.11. The maximum absolute atomic E-state index is 12.8. The zero-order valence-corrected chi connectivity index (χ0v) is 18.2. The van der Waals surface area contributed by atoms with Crippen molar-refractivity contribution in [1.82, 2.24) is 20.5 Å². The number of imide groups is 1. The number of hydrogen-bond donors (Lipinski definition) is 2. The van der Waals surface area contributed by atoms with E-state index in [9.17, 15) is 19.2 Å². The molecule has 0 spiro atoms. The summed E-state index contributed by atoms with van der Waals surface area (Å²) in [5, 5.41) is 6.60. The normalized spacial score (nSPS) is 17.8. The predicted octanol–water partition coefficient (Wildman–Crippen LogP) is 2.58. The van der Waals surface area contributed by atoms with Gasteiger partial charge in [-0.15, -0.1) is 0 Å². The molecule has 5 rings (SSSR count). The molecular weight excluding hydrogens is 444 g/mol. The first-order valence-electron chi connectivity index (χ1n) is 10.5.